The van der Waals surface area contributed by atoms with Crippen LogP contribution >= 0.6 is 0 Å². The zero-order valence-electron chi connectivity index (χ0n) is 54.9. The highest BCUT2D eigenvalue weighted by molar-refractivity contribution is 5.95. The van der Waals surface area contributed by atoms with Crippen LogP contribution < -0.4 is 0 Å². The van der Waals surface area contributed by atoms with Gasteiger partial charge in [-0.2, -0.15) is 0 Å². The van der Waals surface area contributed by atoms with Gasteiger partial charge in [0.2, 0.25) is 0 Å². The standard InChI is InChI=1S/2C40H50O2/c2*1-29(17-13-19-31(3)21-23-37-33(5)25-35(41)27-39(37,7)8)15-11-12-16-30(2)18-14-20-32(4)22-24-38-34(6)26-36(42)28-40(38,9)10/h2*11-26H,27-28H2,1-10H3/b2*15-11+,16-12+,19-13+,20-14+,29-17+,30-18+,31-21+,32-22+,37-23-,38-24-. The molecule has 0 fully saturated rings. The quantitative estimate of drug-likeness (QED) is 0.128. The average molecular weight is 1130 g/mol. The molecule has 0 aliphatic heterocycles. The van der Waals surface area contributed by atoms with Crippen LogP contribution in [0.3, 0.4) is 0 Å². The molecular weight excluding hydrogens is 1020 g/mol. The lowest BCUT2D eigenvalue weighted by molar-refractivity contribution is -0.117. The van der Waals surface area contributed by atoms with E-state index in [1.165, 1.54) is 44.6 Å². The first kappa shape index (κ1) is 70.7. The first-order valence-electron chi connectivity index (χ1n) is 29.7. The minimum Gasteiger partial charge on any atom is -0.295 e. The third-order valence-electron chi connectivity index (χ3n) is 15.2. The fourth-order valence-electron chi connectivity index (χ4n) is 10.7. The summed E-state index contributed by atoms with van der Waals surface area (Å²) >= 11 is 0. The number of rotatable bonds is 18. The fraction of sp³-hybridized carbons (Fsp3) is 0.350. The molecule has 0 aromatic carbocycles. The molecule has 0 atom stereocenters. The smallest absolute Gasteiger partial charge is 0.156 e. The second-order valence-electron chi connectivity index (χ2n) is 25.9. The van der Waals surface area contributed by atoms with E-state index in [0.717, 1.165) is 44.6 Å². The molecule has 4 aliphatic carbocycles. The van der Waals surface area contributed by atoms with Gasteiger partial charge in [-0.3, -0.25) is 19.2 Å². The molecule has 444 valence electrons. The van der Waals surface area contributed by atoms with Crippen LogP contribution in [0.15, 0.2) is 284 Å². The molecule has 0 unspecified atom stereocenters. The van der Waals surface area contributed by atoms with Crippen LogP contribution in [0, 0.1) is 21.7 Å². The predicted molar refractivity (Wildman–Crippen MR) is 364 cm³/mol. The Morgan fingerprint density at radius 3 is 0.595 bits per heavy atom. The van der Waals surface area contributed by atoms with Crippen molar-refractivity contribution in [3.05, 3.63) is 284 Å². The molecule has 4 aliphatic rings. The minimum atomic E-state index is -0.128. The SMILES string of the molecule is CC1=CC(=O)CC(C)(C)\C1=C/C=C(C)/C=C/C=C(C)/C=C/C=C/C(C)=C/C=C/C(C)=C/C=C1/C(C)=CC(=O)CC1(C)C.CC1=CC(=O)CC(C)(C)\C1=C/C=C(C)/C=C/C=C(C)/C=C/C=C/C(C)=C/C=C/C(C)=C/C=C1/C(C)=CC(=O)CC1(C)C. The Morgan fingerprint density at radius 2 is 0.429 bits per heavy atom. The summed E-state index contributed by atoms with van der Waals surface area (Å²) in [6.07, 6.45) is 68.1. The van der Waals surface area contributed by atoms with Gasteiger partial charge in [0.1, 0.15) is 0 Å². The Labute approximate surface area is 509 Å². The summed E-state index contributed by atoms with van der Waals surface area (Å²) in [6.45, 7) is 41.9. The lowest BCUT2D eigenvalue weighted by Gasteiger charge is -2.31. The Balaban J connectivity index is 0.000000440. The van der Waals surface area contributed by atoms with Crippen LogP contribution in [0.4, 0.5) is 0 Å². The van der Waals surface area contributed by atoms with E-state index in [9.17, 15) is 19.2 Å². The van der Waals surface area contributed by atoms with Crippen molar-refractivity contribution in [3.63, 3.8) is 0 Å². The maximum Gasteiger partial charge on any atom is 0.156 e. The van der Waals surface area contributed by atoms with Gasteiger partial charge in [-0.25, -0.2) is 0 Å². The van der Waals surface area contributed by atoms with Crippen molar-refractivity contribution in [2.24, 2.45) is 21.7 Å². The minimum absolute atomic E-state index is 0.128. The van der Waals surface area contributed by atoms with Gasteiger partial charge in [0.15, 0.2) is 23.1 Å². The van der Waals surface area contributed by atoms with Crippen LogP contribution in [0.5, 0.6) is 0 Å². The summed E-state index contributed by atoms with van der Waals surface area (Å²) < 4.78 is 0. The average Bonchev–Trinajstić information content (AvgIpc) is 2.46. The van der Waals surface area contributed by atoms with Gasteiger partial charge in [0.25, 0.3) is 0 Å². The number of hydrogen-bond acceptors (Lipinski definition) is 4. The molecule has 0 N–H and O–H groups in total. The van der Waals surface area contributed by atoms with Gasteiger partial charge >= 0.3 is 0 Å². The van der Waals surface area contributed by atoms with E-state index in [-0.39, 0.29) is 44.8 Å². The Morgan fingerprint density at radius 1 is 0.274 bits per heavy atom. The van der Waals surface area contributed by atoms with Crippen LogP contribution in [-0.2, 0) is 19.2 Å². The Kier molecular flexibility index (Phi) is 27.8. The van der Waals surface area contributed by atoms with Crippen molar-refractivity contribution < 1.29 is 19.2 Å². The summed E-state index contributed by atoms with van der Waals surface area (Å²) in [5, 5.41) is 0. The third kappa shape index (κ3) is 25.1. The molecule has 0 heterocycles. The monoisotopic (exact) mass is 1120 g/mol. The summed E-state index contributed by atoms with van der Waals surface area (Å²) in [6, 6.07) is 0. The van der Waals surface area contributed by atoms with Gasteiger partial charge in [-0.1, -0.05) is 270 Å². The molecule has 4 heteroatoms. The zero-order valence-corrected chi connectivity index (χ0v) is 54.9. The van der Waals surface area contributed by atoms with Crippen molar-refractivity contribution in [2.45, 2.75) is 164 Å². The van der Waals surface area contributed by atoms with Gasteiger partial charge in [0.05, 0.1) is 0 Å². The molecule has 0 spiro atoms. The van der Waals surface area contributed by atoms with Crippen molar-refractivity contribution in [3.8, 4) is 0 Å². The van der Waals surface area contributed by atoms with E-state index in [1.54, 1.807) is 24.3 Å². The molecular formula is C80H100O4. The lowest BCUT2D eigenvalue weighted by atomic mass is 9.72. The number of carbonyl (C=O) groups excluding carboxylic acids is 4. The molecule has 0 bridgehead atoms. The fourth-order valence-corrected chi connectivity index (χ4v) is 10.7. The van der Waals surface area contributed by atoms with E-state index >= 15 is 0 Å². The number of allylic oxidation sites excluding steroid dienone is 48. The van der Waals surface area contributed by atoms with Gasteiger partial charge in [0, 0.05) is 25.7 Å². The second kappa shape index (κ2) is 33.1. The van der Waals surface area contributed by atoms with Crippen molar-refractivity contribution >= 4 is 23.1 Å². The molecule has 0 saturated heterocycles. The predicted octanol–water partition coefficient (Wildman–Crippen LogP) is 21.5. The van der Waals surface area contributed by atoms with E-state index < -0.39 is 0 Å². The van der Waals surface area contributed by atoms with E-state index in [2.05, 4.69) is 281 Å². The Bertz CT molecular complexity index is 2850. The molecule has 0 radical (unpaired) electrons. The molecule has 0 amide bonds. The van der Waals surface area contributed by atoms with Crippen molar-refractivity contribution in [1.29, 1.82) is 0 Å². The first-order chi connectivity index (χ1) is 39.2. The van der Waals surface area contributed by atoms with E-state index in [4.69, 9.17) is 0 Å². The summed E-state index contributed by atoms with van der Waals surface area (Å²) in [4.78, 5) is 47.6. The second-order valence-corrected chi connectivity index (χ2v) is 25.9. The van der Waals surface area contributed by atoms with E-state index in [1.807, 2.05) is 27.7 Å². The van der Waals surface area contributed by atoms with Gasteiger partial charge in [-0.15, -0.1) is 0 Å². The van der Waals surface area contributed by atoms with Crippen molar-refractivity contribution in [2.75, 3.05) is 0 Å². The topological polar surface area (TPSA) is 68.3 Å². The first-order valence-corrected chi connectivity index (χ1v) is 29.7. The molecule has 84 heavy (non-hydrogen) atoms. The highest BCUT2D eigenvalue weighted by Crippen LogP contribution is 2.42. The molecule has 4 rings (SSSR count). The Hall–Kier alpha value is -7.56. The van der Waals surface area contributed by atoms with Gasteiger partial charge in [-0.05, 0) is 174 Å². The summed E-state index contributed by atoms with van der Waals surface area (Å²) in [5.74, 6) is 0.841. The maximum atomic E-state index is 11.9. The molecule has 0 aromatic heterocycles. The summed E-state index contributed by atoms with van der Waals surface area (Å²) in [5.41, 5.74) is 18.0. The van der Waals surface area contributed by atoms with Crippen LogP contribution in [0.2, 0.25) is 0 Å². The molecule has 0 saturated carbocycles. The highest BCUT2D eigenvalue weighted by Gasteiger charge is 2.33. The number of carbonyl (C=O) groups is 4. The van der Waals surface area contributed by atoms with Crippen LogP contribution in [-0.4, -0.2) is 23.1 Å². The van der Waals surface area contributed by atoms with Crippen LogP contribution in [0.25, 0.3) is 0 Å². The number of hydrogen-bond donors (Lipinski definition) is 0. The molecule has 0 aromatic rings. The van der Waals surface area contributed by atoms with E-state index in [0.29, 0.717) is 25.7 Å². The third-order valence-corrected chi connectivity index (χ3v) is 15.2. The van der Waals surface area contributed by atoms with Crippen molar-refractivity contribution in [1.82, 2.24) is 0 Å². The number of ketones is 4. The maximum absolute atomic E-state index is 11.9. The van der Waals surface area contributed by atoms with Crippen LogP contribution in [0.1, 0.15) is 164 Å². The largest absolute Gasteiger partial charge is 0.295 e. The lowest BCUT2D eigenvalue weighted by Crippen LogP contribution is -2.24. The zero-order chi connectivity index (χ0) is 63.0. The highest BCUT2D eigenvalue weighted by atomic mass is 16.1. The summed E-state index contributed by atoms with van der Waals surface area (Å²) in [7, 11) is 0. The van der Waals surface area contributed by atoms with Gasteiger partial charge < -0.3 is 0 Å². The normalized spacial score (nSPS) is 22.9. The molecule has 4 nitrogen and oxygen atoms in total.